The van der Waals surface area contributed by atoms with E-state index in [-0.39, 0.29) is 5.91 Å². The molecule has 1 aliphatic heterocycles. The summed E-state index contributed by atoms with van der Waals surface area (Å²) in [5.74, 6) is 0.180. The van der Waals surface area contributed by atoms with Crippen LogP contribution in [0.2, 0.25) is 0 Å². The van der Waals surface area contributed by atoms with Gasteiger partial charge in [0.15, 0.2) is 0 Å². The van der Waals surface area contributed by atoms with E-state index in [0.29, 0.717) is 36.8 Å². The summed E-state index contributed by atoms with van der Waals surface area (Å²) < 4.78 is 16.0. The quantitative estimate of drug-likeness (QED) is 0.780. The second-order valence-electron chi connectivity index (χ2n) is 4.80. The maximum atomic E-state index is 12.3. The minimum Gasteiger partial charge on any atom is -0.496 e. The molecule has 0 spiro atoms. The van der Waals surface area contributed by atoms with Crippen LogP contribution in [0.3, 0.4) is 0 Å². The van der Waals surface area contributed by atoms with E-state index in [1.165, 1.54) is 7.11 Å². The van der Waals surface area contributed by atoms with Crippen molar-refractivity contribution in [3.8, 4) is 5.75 Å². The fraction of sp³-hybridized carbons (Fsp3) is 0.500. The van der Waals surface area contributed by atoms with Gasteiger partial charge in [-0.2, -0.15) is 0 Å². The van der Waals surface area contributed by atoms with Crippen molar-refractivity contribution in [2.45, 2.75) is 12.0 Å². The minimum atomic E-state index is -0.452. The minimum absolute atomic E-state index is 0.275. The number of nitrogens with two attached hydrogens (primary N) is 1. The number of methoxy groups -OCH3 is 2. The first kappa shape index (κ1) is 14.6. The summed E-state index contributed by atoms with van der Waals surface area (Å²) in [6.07, 6.45) is 0.755. The third-order valence-electron chi connectivity index (χ3n) is 3.58. The first-order chi connectivity index (χ1) is 9.62. The number of rotatable bonds is 5. The number of nitrogens with one attached hydrogen (secondary N) is 1. The normalized spacial score (nSPS) is 21.7. The molecular formula is C14H20N2O4. The highest BCUT2D eigenvalue weighted by Gasteiger charge is 2.35. The lowest BCUT2D eigenvalue weighted by atomic mass is 10.0. The Kier molecular flexibility index (Phi) is 4.46. The molecule has 6 heteroatoms. The number of amides is 1. The zero-order valence-corrected chi connectivity index (χ0v) is 11.8. The Morgan fingerprint density at radius 2 is 2.30 bits per heavy atom. The fourth-order valence-corrected chi connectivity index (χ4v) is 2.25. The Morgan fingerprint density at radius 3 is 2.90 bits per heavy atom. The number of hydrogen-bond donors (Lipinski definition) is 2. The molecule has 1 aromatic carbocycles. The Morgan fingerprint density at radius 1 is 1.50 bits per heavy atom. The highest BCUT2D eigenvalue weighted by atomic mass is 16.5. The molecule has 0 saturated carbocycles. The average Bonchev–Trinajstić information content (AvgIpc) is 2.94. The van der Waals surface area contributed by atoms with Gasteiger partial charge in [-0.3, -0.25) is 4.79 Å². The summed E-state index contributed by atoms with van der Waals surface area (Å²) in [4.78, 5) is 12.3. The van der Waals surface area contributed by atoms with Gasteiger partial charge < -0.3 is 25.3 Å². The van der Waals surface area contributed by atoms with Crippen molar-refractivity contribution in [3.63, 3.8) is 0 Å². The zero-order chi connectivity index (χ0) is 14.6. The molecule has 110 valence electrons. The molecule has 1 aliphatic rings. The van der Waals surface area contributed by atoms with Gasteiger partial charge in [0.05, 0.1) is 13.7 Å². The van der Waals surface area contributed by atoms with Crippen molar-refractivity contribution in [1.82, 2.24) is 5.32 Å². The van der Waals surface area contributed by atoms with Crippen molar-refractivity contribution in [2.75, 3.05) is 39.7 Å². The molecule has 1 saturated heterocycles. The molecule has 3 N–H and O–H groups in total. The van der Waals surface area contributed by atoms with E-state index in [9.17, 15) is 4.79 Å². The number of benzene rings is 1. The van der Waals surface area contributed by atoms with Gasteiger partial charge >= 0.3 is 0 Å². The number of hydrogen-bond acceptors (Lipinski definition) is 5. The summed E-state index contributed by atoms with van der Waals surface area (Å²) in [5, 5.41) is 2.84. The lowest BCUT2D eigenvalue weighted by Gasteiger charge is -2.26. The molecule has 1 amide bonds. The standard InChI is InChI=1S/C14H20N2O4/c1-18-11-5-3-4-10(15)12(11)13(17)16-8-14(19-2)6-7-20-9-14/h3-5H,6-9,15H2,1-2H3,(H,16,17). The van der Waals surface area contributed by atoms with Crippen molar-refractivity contribution in [2.24, 2.45) is 0 Å². The number of anilines is 1. The highest BCUT2D eigenvalue weighted by molar-refractivity contribution is 6.01. The molecule has 1 fully saturated rings. The fourth-order valence-electron chi connectivity index (χ4n) is 2.25. The van der Waals surface area contributed by atoms with Crippen LogP contribution in [0, 0.1) is 0 Å². The highest BCUT2D eigenvalue weighted by Crippen LogP contribution is 2.25. The second-order valence-corrected chi connectivity index (χ2v) is 4.80. The van der Waals surface area contributed by atoms with E-state index < -0.39 is 5.60 Å². The van der Waals surface area contributed by atoms with Gasteiger partial charge in [-0.1, -0.05) is 6.07 Å². The maximum Gasteiger partial charge on any atom is 0.257 e. The third-order valence-corrected chi connectivity index (χ3v) is 3.58. The summed E-state index contributed by atoms with van der Waals surface area (Å²) in [6.45, 7) is 1.49. The Hall–Kier alpha value is -1.79. The lowest BCUT2D eigenvalue weighted by Crippen LogP contribution is -2.45. The molecule has 6 nitrogen and oxygen atoms in total. The molecular weight excluding hydrogens is 260 g/mol. The van der Waals surface area contributed by atoms with E-state index in [0.717, 1.165) is 6.42 Å². The zero-order valence-electron chi connectivity index (χ0n) is 11.8. The molecule has 20 heavy (non-hydrogen) atoms. The van der Waals surface area contributed by atoms with Crippen LogP contribution in [0.25, 0.3) is 0 Å². The summed E-state index contributed by atoms with van der Waals surface area (Å²) in [7, 11) is 3.13. The second kappa shape index (κ2) is 6.11. The van der Waals surface area contributed by atoms with Crippen LogP contribution >= 0.6 is 0 Å². The van der Waals surface area contributed by atoms with E-state index in [4.69, 9.17) is 19.9 Å². The molecule has 0 aliphatic carbocycles. The van der Waals surface area contributed by atoms with Crippen LogP contribution < -0.4 is 15.8 Å². The van der Waals surface area contributed by atoms with E-state index >= 15 is 0 Å². The molecule has 1 heterocycles. The topological polar surface area (TPSA) is 82.8 Å². The van der Waals surface area contributed by atoms with Gasteiger partial charge in [-0.25, -0.2) is 0 Å². The van der Waals surface area contributed by atoms with Gasteiger partial charge in [0.2, 0.25) is 0 Å². The van der Waals surface area contributed by atoms with Crippen LogP contribution in [0.15, 0.2) is 18.2 Å². The molecule has 1 atom stereocenters. The lowest BCUT2D eigenvalue weighted by molar-refractivity contribution is -0.0148. The van der Waals surface area contributed by atoms with Crippen molar-refractivity contribution in [3.05, 3.63) is 23.8 Å². The Bertz CT molecular complexity index is 484. The molecule has 2 rings (SSSR count). The molecule has 0 radical (unpaired) electrons. The monoisotopic (exact) mass is 280 g/mol. The number of carbonyl (C=O) groups excluding carboxylic acids is 1. The van der Waals surface area contributed by atoms with Gasteiger partial charge in [0, 0.05) is 32.4 Å². The average molecular weight is 280 g/mol. The SMILES string of the molecule is COc1cccc(N)c1C(=O)NCC1(OC)CCOC1. The van der Waals surface area contributed by atoms with E-state index in [2.05, 4.69) is 5.32 Å². The number of carbonyl (C=O) groups is 1. The predicted molar refractivity (Wildman–Crippen MR) is 74.9 cm³/mol. The van der Waals surface area contributed by atoms with Gasteiger partial charge in [-0.15, -0.1) is 0 Å². The summed E-state index contributed by atoms with van der Waals surface area (Å²) in [5.41, 5.74) is 6.13. The number of ether oxygens (including phenoxy) is 3. The summed E-state index contributed by atoms with van der Waals surface area (Å²) >= 11 is 0. The largest absolute Gasteiger partial charge is 0.496 e. The molecule has 1 unspecified atom stereocenters. The maximum absolute atomic E-state index is 12.3. The molecule has 0 aromatic heterocycles. The van der Waals surface area contributed by atoms with Gasteiger partial charge in [-0.05, 0) is 12.1 Å². The van der Waals surface area contributed by atoms with E-state index in [1.54, 1.807) is 25.3 Å². The number of nitrogen functional groups attached to an aromatic ring is 1. The van der Waals surface area contributed by atoms with Crippen LogP contribution in [-0.2, 0) is 9.47 Å². The van der Waals surface area contributed by atoms with Crippen LogP contribution in [0.4, 0.5) is 5.69 Å². The van der Waals surface area contributed by atoms with Gasteiger partial charge in [0.1, 0.15) is 16.9 Å². The molecule has 0 bridgehead atoms. The van der Waals surface area contributed by atoms with Crippen LogP contribution in [0.5, 0.6) is 5.75 Å². The first-order valence-corrected chi connectivity index (χ1v) is 6.45. The molecule has 1 aromatic rings. The van der Waals surface area contributed by atoms with E-state index in [1.807, 2.05) is 0 Å². The van der Waals surface area contributed by atoms with Crippen LogP contribution in [-0.4, -0.2) is 45.5 Å². The van der Waals surface area contributed by atoms with Crippen molar-refractivity contribution in [1.29, 1.82) is 0 Å². The van der Waals surface area contributed by atoms with Gasteiger partial charge in [0.25, 0.3) is 5.91 Å². The Labute approximate surface area is 118 Å². The predicted octanol–water partition coefficient (Wildman–Crippen LogP) is 0.813. The first-order valence-electron chi connectivity index (χ1n) is 6.45. The smallest absolute Gasteiger partial charge is 0.257 e. The van der Waals surface area contributed by atoms with Crippen LogP contribution in [0.1, 0.15) is 16.8 Å². The third kappa shape index (κ3) is 2.86. The Balaban J connectivity index is 2.09. The van der Waals surface area contributed by atoms with Crippen molar-refractivity contribution >= 4 is 11.6 Å². The summed E-state index contributed by atoms with van der Waals surface area (Å²) in [6, 6.07) is 5.12. The van der Waals surface area contributed by atoms with Crippen molar-refractivity contribution < 1.29 is 19.0 Å².